The van der Waals surface area contributed by atoms with E-state index in [9.17, 15) is 9.59 Å². The van der Waals surface area contributed by atoms with Gasteiger partial charge in [-0.3, -0.25) is 4.79 Å². The van der Waals surface area contributed by atoms with E-state index in [0.29, 0.717) is 13.2 Å². The highest BCUT2D eigenvalue weighted by Crippen LogP contribution is 2.02. The van der Waals surface area contributed by atoms with E-state index in [0.717, 1.165) is 12.5 Å². The molecule has 4 aromatic carbocycles. The first kappa shape index (κ1) is 81.3. The lowest BCUT2D eigenvalue weighted by Gasteiger charge is -2.05. The minimum absolute atomic E-state index is 0.0601. The molecule has 4 aromatic rings. The van der Waals surface area contributed by atoms with E-state index in [2.05, 4.69) is 68.4 Å². The van der Waals surface area contributed by atoms with Gasteiger partial charge in [-0.1, -0.05) is 220 Å². The van der Waals surface area contributed by atoms with Gasteiger partial charge in [0.2, 0.25) is 0 Å². The summed E-state index contributed by atoms with van der Waals surface area (Å²) in [5, 5.41) is 0. The van der Waals surface area contributed by atoms with Gasteiger partial charge < -0.3 is 28.4 Å². The number of hydrogen-bond acceptors (Lipinski definition) is 8. The van der Waals surface area contributed by atoms with Crippen molar-refractivity contribution in [2.24, 2.45) is 5.92 Å². The Morgan fingerprint density at radius 1 is 0.452 bits per heavy atom. The summed E-state index contributed by atoms with van der Waals surface area (Å²) in [7, 11) is 13.0. The molecule has 0 N–H and O–H groups in total. The molecule has 8 nitrogen and oxygen atoms in total. The lowest BCUT2D eigenvalue weighted by atomic mass is 10.1. The van der Waals surface area contributed by atoms with E-state index in [1.165, 1.54) is 11.1 Å². The Kier molecular flexibility index (Phi) is 126. The predicted molar refractivity (Wildman–Crippen MR) is 275 cm³/mol. The Morgan fingerprint density at radius 2 is 0.645 bits per heavy atom. The van der Waals surface area contributed by atoms with Crippen molar-refractivity contribution in [3.63, 3.8) is 0 Å². The van der Waals surface area contributed by atoms with Gasteiger partial charge in [0.25, 0.3) is 0 Å². The van der Waals surface area contributed by atoms with Crippen molar-refractivity contribution >= 4 is 11.9 Å². The van der Waals surface area contributed by atoms with Crippen LogP contribution in [0.2, 0.25) is 0 Å². The molecule has 0 fully saturated rings. The van der Waals surface area contributed by atoms with Crippen LogP contribution in [0.15, 0.2) is 146 Å². The summed E-state index contributed by atoms with van der Waals surface area (Å²) in [6, 6.07) is 44.5. The van der Waals surface area contributed by atoms with Gasteiger partial charge in [0.15, 0.2) is 0 Å². The molecule has 1 unspecified atom stereocenters. The van der Waals surface area contributed by atoms with Gasteiger partial charge in [-0.25, -0.2) is 4.79 Å². The van der Waals surface area contributed by atoms with Crippen LogP contribution in [0.5, 0.6) is 0 Å². The summed E-state index contributed by atoms with van der Waals surface area (Å²) in [5.41, 5.74) is 2.64. The molecule has 0 amide bonds. The fourth-order valence-electron chi connectivity index (χ4n) is 2.49. The molecule has 0 spiro atoms. The number of methoxy groups -OCH3 is 4. The molecule has 0 aliphatic rings. The van der Waals surface area contributed by atoms with Crippen LogP contribution in [0.3, 0.4) is 0 Å². The topological polar surface area (TPSA) is 89.5 Å². The number of aryl methyl sites for hydroxylation is 2. The SMILES string of the molecule is C=CC(=O)OCC.CC.CC.CC.CC.CCOC(=O)C(C)CC.COC.COC.COC.COC.Cc1ccccc1.Cc1ccccc1.c1ccccc1.c1ccccc1. The lowest BCUT2D eigenvalue weighted by molar-refractivity contribution is -0.147. The standard InChI is InChI=1S/C7H14O2.2C7H8.2C6H6.C5H8O2.4C2H6O.4C2H6/c1-4-6(3)7(8)9-5-2;2*1-7-5-3-2-4-6-7;2*1-2-4-6-5-3-1;1-3-5(6)7-4-2;4*1-3-2;4*1-2/h6H,4-5H2,1-3H3;2*2-6H,1H3;2*1-6H;3H,1,4H2,2H3;4*1-2H3;4*1-2H3. The molecule has 362 valence electrons. The Bertz CT molecular complexity index is 1050. The molecule has 0 bridgehead atoms. The maximum absolute atomic E-state index is 10.8. The molecule has 8 heteroatoms. The second-order valence-corrected chi connectivity index (χ2v) is 10.3. The molecule has 4 rings (SSSR count). The molecule has 0 aliphatic carbocycles. The van der Waals surface area contributed by atoms with Gasteiger partial charge in [0, 0.05) is 63.0 Å². The van der Waals surface area contributed by atoms with Crippen LogP contribution >= 0.6 is 0 Å². The number of hydrogen-bond donors (Lipinski definition) is 0. The van der Waals surface area contributed by atoms with Crippen LogP contribution in [-0.2, 0) is 38.0 Å². The van der Waals surface area contributed by atoms with E-state index < -0.39 is 0 Å². The van der Waals surface area contributed by atoms with Crippen molar-refractivity contribution in [1.29, 1.82) is 0 Å². The average molecular weight is 875 g/mol. The molecule has 0 aliphatic heterocycles. The highest BCUT2D eigenvalue weighted by Gasteiger charge is 2.09. The zero-order valence-corrected chi connectivity index (χ0v) is 44.0. The Balaban J connectivity index is -0.0000000605. The number of carbonyl (C=O) groups excluding carboxylic acids is 2. The van der Waals surface area contributed by atoms with E-state index in [1.807, 2.05) is 185 Å². The van der Waals surface area contributed by atoms with E-state index >= 15 is 0 Å². The summed E-state index contributed by atoms with van der Waals surface area (Å²) in [5.74, 6) is -0.382. The third-order valence-electron chi connectivity index (χ3n) is 4.97. The fraction of sp³-hybridized carbons (Fsp3) is 0.481. The number of ether oxygens (including phenoxy) is 6. The largest absolute Gasteiger partial charge is 0.466 e. The van der Waals surface area contributed by atoms with Crippen LogP contribution < -0.4 is 0 Å². The molecule has 0 radical (unpaired) electrons. The van der Waals surface area contributed by atoms with Gasteiger partial charge in [0.1, 0.15) is 0 Å². The van der Waals surface area contributed by atoms with Crippen LogP contribution in [-0.4, -0.2) is 82.0 Å². The summed E-state index contributed by atoms with van der Waals surface area (Å²) >= 11 is 0. The highest BCUT2D eigenvalue weighted by atomic mass is 16.5. The molecule has 0 aromatic heterocycles. The molecule has 0 saturated heterocycles. The van der Waals surface area contributed by atoms with Crippen molar-refractivity contribution in [3.8, 4) is 0 Å². The van der Waals surface area contributed by atoms with Crippen molar-refractivity contribution in [1.82, 2.24) is 0 Å². The summed E-state index contributed by atoms with van der Waals surface area (Å²) < 4.78 is 26.2. The first-order valence-corrected chi connectivity index (χ1v) is 21.6. The third-order valence-corrected chi connectivity index (χ3v) is 4.97. The molecular formula is C54H98O8. The maximum atomic E-state index is 10.8. The summed E-state index contributed by atoms with van der Waals surface area (Å²) in [4.78, 5) is 20.8. The fourth-order valence-corrected chi connectivity index (χ4v) is 2.49. The number of rotatable bonds is 5. The molecular weight excluding hydrogens is 777 g/mol. The molecule has 1 atom stereocenters. The average Bonchev–Trinajstić information content (AvgIpc) is 3.33. The van der Waals surface area contributed by atoms with Crippen LogP contribution in [0.4, 0.5) is 0 Å². The second-order valence-electron chi connectivity index (χ2n) is 10.3. The van der Waals surface area contributed by atoms with Crippen molar-refractivity contribution in [2.75, 3.05) is 70.1 Å². The van der Waals surface area contributed by atoms with Gasteiger partial charge in [-0.2, -0.15) is 0 Å². The first-order chi connectivity index (χ1) is 30.0. The zero-order valence-electron chi connectivity index (χ0n) is 44.0. The summed E-state index contributed by atoms with van der Waals surface area (Å²) in [6.45, 7) is 31.7. The predicted octanol–water partition coefficient (Wildman–Crippen LogP) is 14.8. The minimum atomic E-state index is -0.359. The van der Waals surface area contributed by atoms with Gasteiger partial charge in [-0.15, -0.1) is 0 Å². The first-order valence-electron chi connectivity index (χ1n) is 21.6. The quantitative estimate of drug-likeness (QED) is 0.145. The van der Waals surface area contributed by atoms with E-state index in [-0.39, 0.29) is 17.9 Å². The number of carbonyl (C=O) groups is 2. The monoisotopic (exact) mass is 875 g/mol. The van der Waals surface area contributed by atoms with E-state index in [4.69, 9.17) is 4.74 Å². The molecule has 0 saturated carbocycles. The van der Waals surface area contributed by atoms with Crippen LogP contribution in [0.1, 0.15) is 101 Å². The Hall–Kier alpha value is -4.60. The maximum Gasteiger partial charge on any atom is 0.330 e. The van der Waals surface area contributed by atoms with Gasteiger partial charge in [-0.05, 0) is 34.1 Å². The van der Waals surface area contributed by atoms with Gasteiger partial charge >= 0.3 is 11.9 Å². The van der Waals surface area contributed by atoms with Crippen molar-refractivity contribution in [3.05, 3.63) is 157 Å². The summed E-state index contributed by atoms with van der Waals surface area (Å²) in [6.07, 6.45) is 2.00. The zero-order chi connectivity index (χ0) is 50.5. The smallest absolute Gasteiger partial charge is 0.330 e. The second kappa shape index (κ2) is 96.3. The van der Waals surface area contributed by atoms with E-state index in [1.54, 1.807) is 63.8 Å². The number of esters is 2. The lowest BCUT2D eigenvalue weighted by Crippen LogP contribution is -2.13. The Labute approximate surface area is 385 Å². The van der Waals surface area contributed by atoms with Crippen LogP contribution in [0.25, 0.3) is 0 Å². The minimum Gasteiger partial charge on any atom is -0.466 e. The highest BCUT2D eigenvalue weighted by molar-refractivity contribution is 5.81. The third kappa shape index (κ3) is 117. The van der Waals surface area contributed by atoms with Gasteiger partial charge in [0.05, 0.1) is 19.1 Å². The van der Waals surface area contributed by atoms with Crippen LogP contribution in [0, 0.1) is 19.8 Å². The molecule has 0 heterocycles. The molecule has 62 heavy (non-hydrogen) atoms. The van der Waals surface area contributed by atoms with Crippen molar-refractivity contribution < 1.29 is 38.0 Å². The number of benzene rings is 4. The normalized spacial score (nSPS) is 7.77. The van der Waals surface area contributed by atoms with Crippen molar-refractivity contribution in [2.45, 2.75) is 103 Å². The Morgan fingerprint density at radius 3 is 0.758 bits per heavy atom.